The molecule has 0 aliphatic carbocycles. The number of anilines is 2. The van der Waals surface area contributed by atoms with Gasteiger partial charge in [0.2, 0.25) is 0 Å². The molecule has 0 saturated heterocycles. The van der Waals surface area contributed by atoms with Gasteiger partial charge in [-0.15, -0.1) is 0 Å². The van der Waals surface area contributed by atoms with E-state index in [1.165, 1.54) is 36.4 Å². The van der Waals surface area contributed by atoms with Crippen LogP contribution in [0.15, 0.2) is 36.4 Å². The number of halogens is 4. The quantitative estimate of drug-likeness (QED) is 0.426. The Morgan fingerprint density at radius 2 is 1.42 bits per heavy atom. The lowest BCUT2D eigenvalue weighted by molar-refractivity contribution is 0.630. The standard InChI is InChI=1S/C6H6ClFN2.C6H5ClFN/c7-4-1-2-5(8)6(3-4)10-9;7-4-1-2-5(8)6(9)3-4/h1-3,10H,9H2;1-3H,9H2. The van der Waals surface area contributed by atoms with E-state index in [-0.39, 0.29) is 11.4 Å². The smallest absolute Gasteiger partial charge is 0.147 e. The first-order chi connectivity index (χ1) is 8.93. The summed E-state index contributed by atoms with van der Waals surface area (Å²) in [6, 6.07) is 8.17. The van der Waals surface area contributed by atoms with E-state index >= 15 is 0 Å². The molecule has 0 bridgehead atoms. The first-order valence-electron chi connectivity index (χ1n) is 5.06. The number of hydrogen-bond acceptors (Lipinski definition) is 3. The number of nitrogen functional groups attached to an aromatic ring is 2. The van der Waals surface area contributed by atoms with Crippen LogP contribution in [-0.4, -0.2) is 0 Å². The molecule has 5 N–H and O–H groups in total. The van der Waals surface area contributed by atoms with Crippen LogP contribution >= 0.6 is 23.2 Å². The molecule has 0 aliphatic rings. The van der Waals surface area contributed by atoms with Gasteiger partial charge in [0, 0.05) is 10.0 Å². The molecule has 0 radical (unpaired) electrons. The van der Waals surface area contributed by atoms with Crippen LogP contribution in [0.25, 0.3) is 0 Å². The molecule has 0 heterocycles. The second-order valence-corrected chi connectivity index (χ2v) is 4.31. The molecule has 0 atom stereocenters. The number of rotatable bonds is 1. The van der Waals surface area contributed by atoms with Crippen molar-refractivity contribution in [2.75, 3.05) is 11.2 Å². The van der Waals surface area contributed by atoms with Crippen LogP contribution in [0.2, 0.25) is 10.0 Å². The molecule has 0 unspecified atom stereocenters. The fourth-order valence-electron chi connectivity index (χ4n) is 1.12. The van der Waals surface area contributed by atoms with Crippen molar-refractivity contribution in [1.82, 2.24) is 0 Å². The molecule has 0 fully saturated rings. The highest BCUT2D eigenvalue weighted by Gasteiger charge is 1.98. The summed E-state index contributed by atoms with van der Waals surface area (Å²) in [7, 11) is 0. The van der Waals surface area contributed by atoms with Gasteiger partial charge in [0.25, 0.3) is 0 Å². The van der Waals surface area contributed by atoms with E-state index < -0.39 is 11.6 Å². The predicted octanol–water partition coefficient (Wildman–Crippen LogP) is 3.83. The Labute approximate surface area is 119 Å². The molecule has 0 aliphatic heterocycles. The molecule has 2 rings (SSSR count). The summed E-state index contributed by atoms with van der Waals surface area (Å²) in [4.78, 5) is 0. The summed E-state index contributed by atoms with van der Waals surface area (Å²) in [6.07, 6.45) is 0. The van der Waals surface area contributed by atoms with Gasteiger partial charge in [0.15, 0.2) is 0 Å². The third kappa shape index (κ3) is 4.90. The van der Waals surface area contributed by atoms with E-state index in [0.717, 1.165) is 0 Å². The number of nitrogens with one attached hydrogen (secondary N) is 1. The molecule has 2 aromatic rings. The van der Waals surface area contributed by atoms with E-state index in [1.807, 2.05) is 0 Å². The molecule has 2 aromatic carbocycles. The zero-order chi connectivity index (χ0) is 14.4. The van der Waals surface area contributed by atoms with Gasteiger partial charge in [0.1, 0.15) is 11.6 Å². The summed E-state index contributed by atoms with van der Waals surface area (Å²) in [5.74, 6) is 4.13. The fraction of sp³-hybridized carbons (Fsp3) is 0. The van der Waals surface area contributed by atoms with Crippen molar-refractivity contribution in [3.8, 4) is 0 Å². The van der Waals surface area contributed by atoms with Crippen LogP contribution in [0.1, 0.15) is 0 Å². The van der Waals surface area contributed by atoms with Crippen molar-refractivity contribution in [2.45, 2.75) is 0 Å². The van der Waals surface area contributed by atoms with E-state index in [9.17, 15) is 8.78 Å². The Balaban J connectivity index is 0.000000191. The topological polar surface area (TPSA) is 64.1 Å². The van der Waals surface area contributed by atoms with Gasteiger partial charge in [-0.1, -0.05) is 23.2 Å². The van der Waals surface area contributed by atoms with Gasteiger partial charge in [0.05, 0.1) is 11.4 Å². The average Bonchev–Trinajstić information content (AvgIpc) is 2.38. The molecule has 0 saturated carbocycles. The molecule has 19 heavy (non-hydrogen) atoms. The molecular formula is C12H11Cl2F2N3. The van der Waals surface area contributed by atoms with Crippen LogP contribution in [0.4, 0.5) is 20.2 Å². The van der Waals surface area contributed by atoms with Gasteiger partial charge in [-0.3, -0.25) is 5.84 Å². The van der Waals surface area contributed by atoms with Gasteiger partial charge >= 0.3 is 0 Å². The second kappa shape index (κ2) is 7.13. The van der Waals surface area contributed by atoms with Crippen LogP contribution in [0, 0.1) is 11.6 Å². The first kappa shape index (κ1) is 15.5. The predicted molar refractivity (Wildman–Crippen MR) is 75.0 cm³/mol. The lowest BCUT2D eigenvalue weighted by Gasteiger charge is -2.00. The van der Waals surface area contributed by atoms with E-state index in [1.54, 1.807) is 0 Å². The lowest BCUT2D eigenvalue weighted by Crippen LogP contribution is -2.08. The summed E-state index contributed by atoms with van der Waals surface area (Å²) in [6.45, 7) is 0. The van der Waals surface area contributed by atoms with Gasteiger partial charge < -0.3 is 11.2 Å². The molecule has 3 nitrogen and oxygen atoms in total. The third-order valence-electron chi connectivity index (χ3n) is 2.04. The summed E-state index contributed by atoms with van der Waals surface area (Å²) in [5, 5.41) is 0.906. The van der Waals surface area contributed by atoms with Crippen LogP contribution in [0.3, 0.4) is 0 Å². The number of benzene rings is 2. The Morgan fingerprint density at radius 1 is 0.895 bits per heavy atom. The Morgan fingerprint density at radius 3 is 1.84 bits per heavy atom. The zero-order valence-corrected chi connectivity index (χ0v) is 11.1. The van der Waals surface area contributed by atoms with Gasteiger partial charge in [-0.25, -0.2) is 8.78 Å². The summed E-state index contributed by atoms with van der Waals surface area (Å²) in [5.41, 5.74) is 7.62. The van der Waals surface area contributed by atoms with Gasteiger partial charge in [-0.2, -0.15) is 0 Å². The van der Waals surface area contributed by atoms with Crippen LogP contribution < -0.4 is 17.0 Å². The summed E-state index contributed by atoms with van der Waals surface area (Å²) < 4.78 is 24.9. The normalized spacial score (nSPS) is 9.53. The van der Waals surface area contributed by atoms with Crippen molar-refractivity contribution < 1.29 is 8.78 Å². The van der Waals surface area contributed by atoms with Gasteiger partial charge in [-0.05, 0) is 36.4 Å². The second-order valence-electron chi connectivity index (χ2n) is 3.43. The fourth-order valence-corrected chi connectivity index (χ4v) is 1.48. The molecular weight excluding hydrogens is 295 g/mol. The molecule has 0 amide bonds. The highest BCUT2D eigenvalue weighted by Crippen LogP contribution is 2.18. The molecule has 7 heteroatoms. The monoisotopic (exact) mass is 305 g/mol. The largest absolute Gasteiger partial charge is 0.396 e. The minimum absolute atomic E-state index is 0.0856. The maximum Gasteiger partial charge on any atom is 0.147 e. The van der Waals surface area contributed by atoms with Crippen LogP contribution in [0.5, 0.6) is 0 Å². The van der Waals surface area contributed by atoms with Crippen molar-refractivity contribution in [1.29, 1.82) is 0 Å². The number of nitrogens with two attached hydrogens (primary N) is 2. The minimum Gasteiger partial charge on any atom is -0.396 e. The van der Waals surface area contributed by atoms with Crippen molar-refractivity contribution >= 4 is 34.6 Å². The average molecular weight is 306 g/mol. The molecule has 0 spiro atoms. The van der Waals surface area contributed by atoms with Crippen molar-refractivity contribution in [3.63, 3.8) is 0 Å². The lowest BCUT2D eigenvalue weighted by atomic mass is 10.3. The van der Waals surface area contributed by atoms with E-state index in [4.69, 9.17) is 34.8 Å². The van der Waals surface area contributed by atoms with Crippen molar-refractivity contribution in [2.24, 2.45) is 5.84 Å². The number of hydrazine groups is 1. The van der Waals surface area contributed by atoms with E-state index in [0.29, 0.717) is 10.0 Å². The zero-order valence-electron chi connectivity index (χ0n) is 9.63. The Hall–Kier alpha value is -1.56. The maximum absolute atomic E-state index is 12.6. The minimum atomic E-state index is -0.431. The summed E-state index contributed by atoms with van der Waals surface area (Å²) >= 11 is 11.0. The molecule has 0 aromatic heterocycles. The Kier molecular flexibility index (Phi) is 5.82. The highest BCUT2D eigenvalue weighted by molar-refractivity contribution is 6.31. The highest BCUT2D eigenvalue weighted by atomic mass is 35.5. The first-order valence-corrected chi connectivity index (χ1v) is 5.82. The third-order valence-corrected chi connectivity index (χ3v) is 2.51. The number of hydrogen-bond donors (Lipinski definition) is 3. The molecule has 102 valence electrons. The maximum atomic E-state index is 12.6. The SMILES string of the molecule is NNc1cc(Cl)ccc1F.Nc1cc(Cl)ccc1F. The van der Waals surface area contributed by atoms with E-state index in [2.05, 4.69) is 5.43 Å². The Bertz CT molecular complexity index is 565. The van der Waals surface area contributed by atoms with Crippen molar-refractivity contribution in [3.05, 3.63) is 58.1 Å². The van der Waals surface area contributed by atoms with Crippen LogP contribution in [-0.2, 0) is 0 Å².